The summed E-state index contributed by atoms with van der Waals surface area (Å²) in [5.74, 6) is 0.829. The van der Waals surface area contributed by atoms with Gasteiger partial charge >= 0.3 is 0 Å². The molecule has 9 rings (SSSR count). The highest BCUT2D eigenvalue weighted by molar-refractivity contribution is 6.03. The van der Waals surface area contributed by atoms with Crippen molar-refractivity contribution >= 4 is 60.8 Å². The number of nitrogens with zero attached hydrogens (tertiary/aromatic N) is 2. The highest BCUT2D eigenvalue weighted by Gasteiger charge is 2.18. The van der Waals surface area contributed by atoms with Gasteiger partial charge < -0.3 is 4.42 Å². The monoisotopic (exact) mass is 588 g/mol. The number of pyridine rings is 1. The fraction of sp³-hybridized carbons (Fsp3) is 0. The highest BCUT2D eigenvalue weighted by atomic mass is 16.3. The highest BCUT2D eigenvalue weighted by Crippen LogP contribution is 2.39. The number of aromatic nitrogens is 1. The van der Waals surface area contributed by atoms with Crippen LogP contribution >= 0.6 is 0 Å². The number of hydrogen-bond donors (Lipinski definition) is 0. The second-order valence-electron chi connectivity index (χ2n) is 11.6. The van der Waals surface area contributed by atoms with E-state index in [0.717, 1.165) is 39.3 Å². The molecule has 7 aromatic carbocycles. The van der Waals surface area contributed by atoms with Crippen LogP contribution in [0, 0.1) is 0 Å². The van der Waals surface area contributed by atoms with Gasteiger partial charge in [0, 0.05) is 16.8 Å². The molecule has 0 aliphatic rings. The van der Waals surface area contributed by atoms with Crippen LogP contribution < -0.4 is 4.90 Å². The van der Waals surface area contributed by atoms with Crippen molar-refractivity contribution < 1.29 is 4.42 Å². The van der Waals surface area contributed by atoms with Crippen molar-refractivity contribution in [3.8, 4) is 22.3 Å². The first-order chi connectivity index (χ1) is 22.8. The topological polar surface area (TPSA) is 29.3 Å². The van der Waals surface area contributed by atoms with Gasteiger partial charge in [-0.3, -0.25) is 4.90 Å². The van der Waals surface area contributed by atoms with Crippen LogP contribution in [0.2, 0.25) is 0 Å². The molecule has 0 aliphatic carbocycles. The fourth-order valence-corrected chi connectivity index (χ4v) is 6.65. The SMILES string of the molecule is c1ccc2c(-c3ccc(N(c4ccc(-c5cccc6ccccc56)cc4)c4ccc5oc6ccccc6c5n4)cc3)cccc2c1. The first-order valence-corrected chi connectivity index (χ1v) is 15.5. The van der Waals surface area contributed by atoms with Gasteiger partial charge in [0.05, 0.1) is 0 Å². The third-order valence-corrected chi connectivity index (χ3v) is 8.89. The number of para-hydroxylation sites is 1. The number of fused-ring (bicyclic) bond motifs is 5. The minimum atomic E-state index is 0.780. The van der Waals surface area contributed by atoms with Crippen molar-refractivity contribution in [1.29, 1.82) is 0 Å². The first kappa shape index (κ1) is 26.2. The molecule has 3 nitrogen and oxygen atoms in total. The lowest BCUT2D eigenvalue weighted by molar-refractivity contribution is 0.668. The summed E-state index contributed by atoms with van der Waals surface area (Å²) in [5, 5.41) is 5.98. The van der Waals surface area contributed by atoms with Gasteiger partial charge in [-0.2, -0.15) is 0 Å². The molecular weight excluding hydrogens is 560 g/mol. The molecule has 0 unspecified atom stereocenters. The molecule has 0 radical (unpaired) electrons. The molecular formula is C43H28N2O. The molecule has 0 aliphatic heterocycles. The van der Waals surface area contributed by atoms with Gasteiger partial charge in [0.25, 0.3) is 0 Å². The van der Waals surface area contributed by atoms with E-state index in [-0.39, 0.29) is 0 Å². The molecule has 9 aromatic rings. The van der Waals surface area contributed by atoms with Crippen LogP contribution in [0.15, 0.2) is 174 Å². The van der Waals surface area contributed by atoms with Crippen LogP contribution in [-0.4, -0.2) is 4.98 Å². The summed E-state index contributed by atoms with van der Waals surface area (Å²) < 4.78 is 6.12. The molecule has 0 amide bonds. The number of benzene rings is 7. The lowest BCUT2D eigenvalue weighted by atomic mass is 9.97. The predicted molar refractivity (Wildman–Crippen MR) is 192 cm³/mol. The summed E-state index contributed by atoms with van der Waals surface area (Å²) in [5.41, 5.74) is 9.34. The largest absolute Gasteiger partial charge is 0.454 e. The van der Waals surface area contributed by atoms with Crippen LogP contribution in [-0.2, 0) is 0 Å². The molecule has 0 saturated heterocycles. The zero-order valence-corrected chi connectivity index (χ0v) is 25.0. The molecule has 0 spiro atoms. The van der Waals surface area contributed by atoms with Crippen molar-refractivity contribution in [2.24, 2.45) is 0 Å². The van der Waals surface area contributed by atoms with Crippen LogP contribution in [0.3, 0.4) is 0 Å². The molecule has 0 saturated carbocycles. The smallest absolute Gasteiger partial charge is 0.154 e. The maximum absolute atomic E-state index is 6.12. The zero-order valence-electron chi connectivity index (χ0n) is 25.0. The summed E-state index contributed by atoms with van der Waals surface area (Å²) in [4.78, 5) is 7.41. The lowest BCUT2D eigenvalue weighted by Crippen LogP contribution is -2.11. The van der Waals surface area contributed by atoms with Crippen LogP contribution in [0.5, 0.6) is 0 Å². The number of furan rings is 1. The summed E-state index contributed by atoms with van der Waals surface area (Å²) >= 11 is 0. The van der Waals surface area contributed by atoms with Crippen molar-refractivity contribution in [2.45, 2.75) is 0 Å². The van der Waals surface area contributed by atoms with Crippen LogP contribution in [0.25, 0.3) is 65.9 Å². The minimum absolute atomic E-state index is 0.780. The van der Waals surface area contributed by atoms with E-state index >= 15 is 0 Å². The molecule has 216 valence electrons. The Kier molecular flexibility index (Phi) is 6.14. The van der Waals surface area contributed by atoms with Crippen molar-refractivity contribution in [3.63, 3.8) is 0 Å². The van der Waals surface area contributed by atoms with E-state index in [4.69, 9.17) is 9.40 Å². The van der Waals surface area contributed by atoms with E-state index < -0.39 is 0 Å². The van der Waals surface area contributed by atoms with Crippen molar-refractivity contribution in [2.75, 3.05) is 4.90 Å². The van der Waals surface area contributed by atoms with Crippen LogP contribution in [0.4, 0.5) is 17.2 Å². The fourth-order valence-electron chi connectivity index (χ4n) is 6.65. The molecule has 0 N–H and O–H groups in total. The summed E-state index contributed by atoms with van der Waals surface area (Å²) in [7, 11) is 0. The number of anilines is 3. The third kappa shape index (κ3) is 4.41. The maximum Gasteiger partial charge on any atom is 0.154 e. The molecule has 0 atom stereocenters. The van der Waals surface area contributed by atoms with E-state index in [0.29, 0.717) is 0 Å². The predicted octanol–water partition coefficient (Wildman–Crippen LogP) is 12.1. The Labute approximate surface area is 266 Å². The summed E-state index contributed by atoms with van der Waals surface area (Å²) in [6.45, 7) is 0. The van der Waals surface area contributed by atoms with E-state index in [2.05, 4.69) is 144 Å². The standard InChI is InChI=1S/C43H28N2O/c1-3-13-35-29(9-1)11-7-16-37(35)31-19-23-33(24-20-31)45(42-28-27-41-43(44-42)39-15-5-6-18-40(39)46-41)34-25-21-32(22-26-34)38-17-8-12-30-10-2-4-14-36(30)38/h1-28H. The molecule has 0 bridgehead atoms. The summed E-state index contributed by atoms with van der Waals surface area (Å²) in [6.07, 6.45) is 0. The van der Waals surface area contributed by atoms with Gasteiger partial charge in [-0.1, -0.05) is 121 Å². The van der Waals surface area contributed by atoms with Gasteiger partial charge in [0.1, 0.15) is 16.9 Å². The molecule has 2 aromatic heterocycles. The zero-order chi connectivity index (χ0) is 30.5. The molecule has 46 heavy (non-hydrogen) atoms. The van der Waals surface area contributed by atoms with Gasteiger partial charge in [-0.15, -0.1) is 0 Å². The normalized spacial score (nSPS) is 11.5. The molecule has 3 heteroatoms. The molecule has 2 heterocycles. The Balaban J connectivity index is 1.17. The Hall–Kier alpha value is -6.19. The lowest BCUT2D eigenvalue weighted by Gasteiger charge is -2.25. The Morgan fingerprint density at radius 2 is 0.891 bits per heavy atom. The van der Waals surface area contributed by atoms with E-state index in [1.54, 1.807) is 0 Å². The number of hydrogen-bond acceptors (Lipinski definition) is 3. The Bertz CT molecular complexity index is 2390. The Morgan fingerprint density at radius 3 is 1.48 bits per heavy atom. The quantitative estimate of drug-likeness (QED) is 0.200. The minimum Gasteiger partial charge on any atom is -0.454 e. The average Bonchev–Trinajstić information content (AvgIpc) is 3.50. The summed E-state index contributed by atoms with van der Waals surface area (Å²) in [6, 6.07) is 59.8. The van der Waals surface area contributed by atoms with Gasteiger partial charge in [-0.25, -0.2) is 4.98 Å². The molecule has 0 fully saturated rings. The van der Waals surface area contributed by atoms with Crippen molar-refractivity contribution in [3.05, 3.63) is 170 Å². The third-order valence-electron chi connectivity index (χ3n) is 8.89. The first-order valence-electron chi connectivity index (χ1n) is 15.5. The second kappa shape index (κ2) is 10.8. The Morgan fingerprint density at radius 1 is 0.391 bits per heavy atom. The maximum atomic E-state index is 6.12. The number of rotatable bonds is 5. The van der Waals surface area contributed by atoms with Gasteiger partial charge in [0.2, 0.25) is 0 Å². The van der Waals surface area contributed by atoms with E-state index in [1.165, 1.54) is 43.8 Å². The van der Waals surface area contributed by atoms with E-state index in [9.17, 15) is 0 Å². The van der Waals surface area contributed by atoms with Crippen molar-refractivity contribution in [1.82, 2.24) is 4.98 Å². The van der Waals surface area contributed by atoms with Crippen LogP contribution in [0.1, 0.15) is 0 Å². The van der Waals surface area contributed by atoms with Gasteiger partial charge in [0.15, 0.2) is 5.58 Å². The average molecular weight is 589 g/mol. The second-order valence-corrected chi connectivity index (χ2v) is 11.6. The van der Waals surface area contributed by atoms with E-state index in [1.807, 2.05) is 30.3 Å². The van der Waals surface area contributed by atoms with Gasteiger partial charge in [-0.05, 0) is 92.3 Å².